The van der Waals surface area contributed by atoms with Crippen LogP contribution in [-0.4, -0.2) is 75.5 Å². The zero-order valence-corrected chi connectivity index (χ0v) is 19.1. The Morgan fingerprint density at radius 1 is 0.857 bits per heavy atom. The lowest BCUT2D eigenvalue weighted by Gasteiger charge is -2.33. The highest BCUT2D eigenvalue weighted by molar-refractivity contribution is 5.95. The van der Waals surface area contributed by atoms with Crippen molar-refractivity contribution in [1.82, 2.24) is 25.1 Å². The minimum atomic E-state index is -1.000. The molecule has 35 heavy (non-hydrogen) atoms. The number of aromatic nitrogens is 2. The number of piperazine rings is 1. The summed E-state index contributed by atoms with van der Waals surface area (Å²) in [7, 11) is 0. The lowest BCUT2D eigenvalue weighted by Crippen LogP contribution is -2.52. The minimum absolute atomic E-state index is 0.137. The summed E-state index contributed by atoms with van der Waals surface area (Å²) >= 11 is 0. The van der Waals surface area contributed by atoms with Crippen LogP contribution in [0.15, 0.2) is 66.7 Å². The number of carbonyl (C=O) groups excluding carboxylic acids is 2. The Hall–Kier alpha value is -4.47. The smallest absolute Gasteiger partial charge is 0.407 e. The number of anilines is 1. The summed E-state index contributed by atoms with van der Waals surface area (Å²) in [4.78, 5) is 48.2. The van der Waals surface area contributed by atoms with Crippen molar-refractivity contribution in [2.24, 2.45) is 0 Å². The summed E-state index contributed by atoms with van der Waals surface area (Å²) in [6.45, 7) is 1.40. The van der Waals surface area contributed by atoms with Gasteiger partial charge in [0.05, 0.1) is 6.54 Å². The molecule has 0 radical (unpaired) electrons. The van der Waals surface area contributed by atoms with Crippen LogP contribution in [0.3, 0.4) is 0 Å². The van der Waals surface area contributed by atoms with E-state index in [1.165, 1.54) is 4.90 Å². The number of amides is 3. The highest BCUT2D eigenvalue weighted by Crippen LogP contribution is 2.18. The Balaban J connectivity index is 1.44. The first kappa shape index (κ1) is 23.7. The summed E-state index contributed by atoms with van der Waals surface area (Å²) in [5, 5.41) is 14.9. The normalized spacial score (nSPS) is 13.3. The van der Waals surface area contributed by atoms with Crippen molar-refractivity contribution in [1.29, 1.82) is 0 Å². The maximum atomic E-state index is 12.9. The highest BCUT2D eigenvalue weighted by Gasteiger charge is 2.24. The molecule has 3 aromatic rings. The number of nitrogens with one attached hydrogen (secondary N) is 2. The Kier molecular flexibility index (Phi) is 7.51. The second-order valence-corrected chi connectivity index (χ2v) is 8.00. The number of hydrogen-bond acceptors (Lipinski definition) is 6. The van der Waals surface area contributed by atoms with Gasteiger partial charge in [-0.3, -0.25) is 9.59 Å². The third-order valence-electron chi connectivity index (χ3n) is 5.61. The Morgan fingerprint density at radius 3 is 2.14 bits per heavy atom. The number of carbonyl (C=O) groups is 3. The summed E-state index contributed by atoms with van der Waals surface area (Å²) in [6.07, 6.45) is -1.000. The van der Waals surface area contributed by atoms with Crippen molar-refractivity contribution in [2.45, 2.75) is 6.54 Å². The fourth-order valence-electron chi connectivity index (χ4n) is 3.66. The zero-order chi connectivity index (χ0) is 24.6. The van der Waals surface area contributed by atoms with E-state index in [1.54, 1.807) is 11.0 Å². The molecule has 1 aliphatic rings. The van der Waals surface area contributed by atoms with E-state index in [0.29, 0.717) is 31.3 Å². The number of rotatable bonds is 7. The quantitative estimate of drug-likeness (QED) is 0.479. The van der Waals surface area contributed by atoms with Crippen LogP contribution < -0.4 is 10.6 Å². The number of nitrogens with zero attached hydrogens (tertiary/aromatic N) is 4. The van der Waals surface area contributed by atoms with Crippen LogP contribution >= 0.6 is 0 Å². The van der Waals surface area contributed by atoms with Crippen LogP contribution in [-0.2, 0) is 11.3 Å². The average Bonchev–Trinajstić information content (AvgIpc) is 2.91. The van der Waals surface area contributed by atoms with Gasteiger partial charge in [-0.15, -0.1) is 0 Å². The van der Waals surface area contributed by atoms with Gasteiger partial charge >= 0.3 is 6.09 Å². The SMILES string of the molecule is O=C(NCC(=O)N1CCN(C(=O)O)CC1)c1cc(NCc2ccccc2)nc(-c2ccccc2)n1. The van der Waals surface area contributed by atoms with Crippen LogP contribution in [0.25, 0.3) is 11.4 Å². The summed E-state index contributed by atoms with van der Waals surface area (Å²) in [5.74, 6) is 0.113. The Morgan fingerprint density at radius 2 is 1.49 bits per heavy atom. The fourth-order valence-corrected chi connectivity index (χ4v) is 3.66. The number of carboxylic acid groups (broad SMARTS) is 1. The van der Waals surface area contributed by atoms with Crippen molar-refractivity contribution < 1.29 is 19.5 Å². The lowest BCUT2D eigenvalue weighted by atomic mass is 10.2. The van der Waals surface area contributed by atoms with Crippen LogP contribution in [0.1, 0.15) is 16.1 Å². The molecule has 1 aliphatic heterocycles. The third-order valence-corrected chi connectivity index (χ3v) is 5.61. The molecule has 0 aliphatic carbocycles. The summed E-state index contributed by atoms with van der Waals surface area (Å²) in [6, 6.07) is 20.7. The van der Waals surface area contributed by atoms with E-state index in [9.17, 15) is 14.4 Å². The van der Waals surface area contributed by atoms with Gasteiger partial charge in [-0.1, -0.05) is 60.7 Å². The molecule has 1 fully saturated rings. The first-order valence-corrected chi connectivity index (χ1v) is 11.3. The van der Waals surface area contributed by atoms with E-state index in [4.69, 9.17) is 5.11 Å². The molecule has 180 valence electrons. The first-order chi connectivity index (χ1) is 17.0. The molecule has 0 unspecified atom stereocenters. The second-order valence-electron chi connectivity index (χ2n) is 8.00. The molecule has 2 heterocycles. The molecule has 3 amide bonds. The van der Waals surface area contributed by atoms with Crippen LogP contribution in [0, 0.1) is 0 Å². The largest absolute Gasteiger partial charge is 0.465 e. The van der Waals surface area contributed by atoms with Gasteiger partial charge in [0.2, 0.25) is 5.91 Å². The molecule has 10 heteroatoms. The molecule has 1 aromatic heterocycles. The van der Waals surface area contributed by atoms with Crippen molar-refractivity contribution in [3.8, 4) is 11.4 Å². The predicted molar refractivity (Wildman–Crippen MR) is 130 cm³/mol. The monoisotopic (exact) mass is 474 g/mol. The van der Waals surface area contributed by atoms with Gasteiger partial charge in [-0.2, -0.15) is 0 Å². The maximum absolute atomic E-state index is 12.9. The molecule has 3 N–H and O–H groups in total. The number of hydrogen-bond donors (Lipinski definition) is 3. The number of benzene rings is 2. The van der Waals surface area contributed by atoms with E-state index in [0.717, 1.165) is 11.1 Å². The van der Waals surface area contributed by atoms with Crippen molar-refractivity contribution in [3.05, 3.63) is 78.0 Å². The molecule has 1 saturated heterocycles. The topological polar surface area (TPSA) is 128 Å². The molecular weight excluding hydrogens is 448 g/mol. The maximum Gasteiger partial charge on any atom is 0.407 e. The minimum Gasteiger partial charge on any atom is -0.465 e. The van der Waals surface area contributed by atoms with Gasteiger partial charge < -0.3 is 25.5 Å². The highest BCUT2D eigenvalue weighted by atomic mass is 16.4. The van der Waals surface area contributed by atoms with Gasteiger partial charge in [0.25, 0.3) is 5.91 Å². The van der Waals surface area contributed by atoms with Gasteiger partial charge in [-0.25, -0.2) is 14.8 Å². The average molecular weight is 475 g/mol. The van der Waals surface area contributed by atoms with E-state index in [2.05, 4.69) is 20.6 Å². The van der Waals surface area contributed by atoms with E-state index in [1.807, 2.05) is 60.7 Å². The molecular formula is C25H26N6O4. The Bertz CT molecular complexity index is 1180. The molecule has 10 nitrogen and oxygen atoms in total. The van der Waals surface area contributed by atoms with E-state index in [-0.39, 0.29) is 31.2 Å². The standard InChI is InChI=1S/C25H26N6O4/c32-22(30-11-13-31(14-12-30)25(34)35)17-27-24(33)20-15-21(26-16-18-7-3-1-4-8-18)29-23(28-20)19-9-5-2-6-10-19/h1-10,15H,11-14,16-17H2,(H,27,33)(H,34,35)(H,26,28,29). The molecule has 0 bridgehead atoms. The Labute approximate surface area is 202 Å². The summed E-state index contributed by atoms with van der Waals surface area (Å²) < 4.78 is 0. The van der Waals surface area contributed by atoms with Gasteiger partial charge in [0, 0.05) is 44.4 Å². The van der Waals surface area contributed by atoms with Crippen molar-refractivity contribution in [3.63, 3.8) is 0 Å². The third kappa shape index (κ3) is 6.32. The van der Waals surface area contributed by atoms with Gasteiger partial charge in [-0.05, 0) is 5.56 Å². The zero-order valence-electron chi connectivity index (χ0n) is 19.1. The fraction of sp³-hybridized carbons (Fsp3) is 0.240. The molecule has 0 saturated carbocycles. The molecule has 4 rings (SSSR count). The van der Waals surface area contributed by atoms with Crippen molar-refractivity contribution in [2.75, 3.05) is 38.0 Å². The van der Waals surface area contributed by atoms with E-state index < -0.39 is 12.0 Å². The van der Waals surface area contributed by atoms with Gasteiger partial charge in [0.15, 0.2) is 5.82 Å². The predicted octanol–water partition coefficient (Wildman–Crippen LogP) is 2.31. The van der Waals surface area contributed by atoms with Crippen LogP contribution in [0.2, 0.25) is 0 Å². The molecule has 0 spiro atoms. The molecule has 2 aromatic carbocycles. The van der Waals surface area contributed by atoms with Crippen molar-refractivity contribution >= 4 is 23.7 Å². The van der Waals surface area contributed by atoms with E-state index >= 15 is 0 Å². The second kappa shape index (κ2) is 11.1. The molecule has 0 atom stereocenters. The van der Waals surface area contributed by atoms with Crippen LogP contribution in [0.5, 0.6) is 0 Å². The van der Waals surface area contributed by atoms with Crippen LogP contribution in [0.4, 0.5) is 10.6 Å². The summed E-state index contributed by atoms with van der Waals surface area (Å²) in [5.41, 5.74) is 1.96. The van der Waals surface area contributed by atoms with Gasteiger partial charge in [0.1, 0.15) is 11.5 Å². The lowest BCUT2D eigenvalue weighted by molar-refractivity contribution is -0.131. The first-order valence-electron chi connectivity index (χ1n) is 11.3.